The van der Waals surface area contributed by atoms with E-state index in [-0.39, 0.29) is 5.78 Å². The van der Waals surface area contributed by atoms with Gasteiger partial charge in [-0.1, -0.05) is 13.0 Å². The normalized spacial score (nSPS) is 19.0. The van der Waals surface area contributed by atoms with Crippen molar-refractivity contribution in [3.63, 3.8) is 0 Å². The first kappa shape index (κ1) is 14.5. The molecule has 0 radical (unpaired) electrons. The van der Waals surface area contributed by atoms with Crippen LogP contribution in [0.5, 0.6) is 0 Å². The molecule has 112 valence electrons. The van der Waals surface area contributed by atoms with Crippen molar-refractivity contribution in [2.24, 2.45) is 4.99 Å². The van der Waals surface area contributed by atoms with Crippen LogP contribution >= 0.6 is 0 Å². The predicted molar refractivity (Wildman–Crippen MR) is 87.9 cm³/mol. The van der Waals surface area contributed by atoms with E-state index in [0.29, 0.717) is 18.1 Å². The average Bonchev–Trinajstić information content (AvgIpc) is 3.31. The highest BCUT2D eigenvalue weighted by Crippen LogP contribution is 2.50. The van der Waals surface area contributed by atoms with Gasteiger partial charge < -0.3 is 0 Å². The lowest BCUT2D eigenvalue weighted by Crippen LogP contribution is -2.08. The van der Waals surface area contributed by atoms with Gasteiger partial charge in [-0.25, -0.2) is 4.99 Å². The first-order valence-corrected chi connectivity index (χ1v) is 8.25. The summed E-state index contributed by atoms with van der Waals surface area (Å²) in [4.78, 5) is 16.5. The van der Waals surface area contributed by atoms with Crippen LogP contribution in [0.15, 0.2) is 11.1 Å². The molecule has 1 aromatic carbocycles. The van der Waals surface area contributed by atoms with Crippen molar-refractivity contribution < 1.29 is 4.79 Å². The minimum atomic E-state index is 0.0996. The number of ketones is 1. The lowest BCUT2D eigenvalue weighted by molar-refractivity contribution is -0.111. The van der Waals surface area contributed by atoms with Crippen molar-refractivity contribution in [2.75, 3.05) is 0 Å². The summed E-state index contributed by atoms with van der Waals surface area (Å²) in [5.74, 6) is 1.55. The summed E-state index contributed by atoms with van der Waals surface area (Å²) in [6.45, 7) is 8.04. The van der Waals surface area contributed by atoms with E-state index in [1.54, 1.807) is 6.92 Å². The number of carbonyl (C=O) groups excluding carboxylic acids is 1. The standard InChI is InChI=1S/C19H25NO/c1-5-18(13(4)21)20-19-12(3)11(2)16(14-6-7-14)10-17(19)15-8-9-15/h10,14-15H,5-9H2,1-4H3. The van der Waals surface area contributed by atoms with Crippen LogP contribution in [0, 0.1) is 13.8 Å². The van der Waals surface area contributed by atoms with E-state index in [1.807, 2.05) is 6.92 Å². The van der Waals surface area contributed by atoms with Gasteiger partial charge in [0.1, 0.15) is 0 Å². The molecule has 0 spiro atoms. The Morgan fingerprint density at radius 2 is 1.67 bits per heavy atom. The first-order valence-electron chi connectivity index (χ1n) is 8.25. The fourth-order valence-corrected chi connectivity index (χ4v) is 3.17. The van der Waals surface area contributed by atoms with Crippen molar-refractivity contribution in [3.8, 4) is 0 Å². The number of rotatable bonds is 5. The zero-order chi connectivity index (χ0) is 15.1. The third-order valence-electron chi connectivity index (χ3n) is 4.96. The second-order valence-electron chi connectivity index (χ2n) is 6.67. The van der Waals surface area contributed by atoms with Crippen LogP contribution < -0.4 is 0 Å². The number of carbonyl (C=O) groups is 1. The first-order chi connectivity index (χ1) is 10.0. The molecule has 3 rings (SSSR count). The zero-order valence-corrected chi connectivity index (χ0v) is 13.6. The van der Waals surface area contributed by atoms with E-state index >= 15 is 0 Å². The molecule has 0 atom stereocenters. The molecule has 21 heavy (non-hydrogen) atoms. The predicted octanol–water partition coefficient (Wildman–Crippen LogP) is 5.13. The minimum absolute atomic E-state index is 0.0996. The zero-order valence-electron chi connectivity index (χ0n) is 13.6. The monoisotopic (exact) mass is 283 g/mol. The maximum Gasteiger partial charge on any atom is 0.173 e. The Labute approximate surface area is 127 Å². The molecule has 2 aliphatic carbocycles. The molecule has 2 fully saturated rings. The van der Waals surface area contributed by atoms with Crippen LogP contribution in [0.2, 0.25) is 0 Å². The number of Topliss-reactive ketones (excluding diaryl/α,β-unsaturated/α-hetero) is 1. The average molecular weight is 283 g/mol. The number of benzene rings is 1. The summed E-state index contributed by atoms with van der Waals surface area (Å²) in [6.07, 6.45) is 5.93. The van der Waals surface area contributed by atoms with Gasteiger partial charge in [0.15, 0.2) is 5.78 Å². The molecule has 0 N–H and O–H groups in total. The largest absolute Gasteiger partial charge is 0.293 e. The highest BCUT2D eigenvalue weighted by atomic mass is 16.1. The van der Waals surface area contributed by atoms with E-state index in [2.05, 4.69) is 19.9 Å². The van der Waals surface area contributed by atoms with E-state index < -0.39 is 0 Å². The van der Waals surface area contributed by atoms with Crippen LogP contribution in [0.1, 0.15) is 80.0 Å². The molecule has 1 aromatic rings. The fraction of sp³-hybridized carbons (Fsp3) is 0.579. The Bertz CT molecular complexity index is 619. The molecule has 0 heterocycles. The van der Waals surface area contributed by atoms with Gasteiger partial charge in [0.2, 0.25) is 0 Å². The molecule has 0 bridgehead atoms. The molecule has 0 saturated heterocycles. The molecule has 0 aromatic heterocycles. The maximum absolute atomic E-state index is 11.7. The van der Waals surface area contributed by atoms with Crippen molar-refractivity contribution >= 4 is 17.2 Å². The quantitative estimate of drug-likeness (QED) is 0.689. The number of aliphatic imine (C=N–C) groups is 1. The van der Waals surface area contributed by atoms with E-state index in [1.165, 1.54) is 47.9 Å². The minimum Gasteiger partial charge on any atom is -0.293 e. The molecular formula is C19H25NO. The summed E-state index contributed by atoms with van der Waals surface area (Å²) < 4.78 is 0. The second-order valence-corrected chi connectivity index (χ2v) is 6.67. The fourth-order valence-electron chi connectivity index (χ4n) is 3.17. The summed E-state index contributed by atoms with van der Waals surface area (Å²) in [7, 11) is 0. The molecule has 2 heteroatoms. The molecule has 2 aliphatic rings. The Morgan fingerprint density at radius 3 is 2.14 bits per heavy atom. The highest BCUT2D eigenvalue weighted by Gasteiger charge is 2.32. The van der Waals surface area contributed by atoms with E-state index in [9.17, 15) is 4.79 Å². The van der Waals surface area contributed by atoms with Gasteiger partial charge in [0.05, 0.1) is 11.4 Å². The SMILES string of the molecule is CCC(=Nc1c(C2CC2)cc(C2CC2)c(C)c1C)C(C)=O. The van der Waals surface area contributed by atoms with Crippen molar-refractivity contribution in [1.29, 1.82) is 0 Å². The van der Waals surface area contributed by atoms with Gasteiger partial charge in [-0.15, -0.1) is 0 Å². The molecule has 0 amide bonds. The Hall–Kier alpha value is -1.44. The Morgan fingerprint density at radius 1 is 1.10 bits per heavy atom. The summed E-state index contributed by atoms with van der Waals surface area (Å²) in [6, 6.07) is 2.41. The third-order valence-corrected chi connectivity index (χ3v) is 4.96. The smallest absolute Gasteiger partial charge is 0.173 e. The van der Waals surface area contributed by atoms with Crippen molar-refractivity contribution in [2.45, 2.75) is 71.6 Å². The third kappa shape index (κ3) is 2.81. The molecule has 0 unspecified atom stereocenters. The lowest BCUT2D eigenvalue weighted by Gasteiger charge is -2.16. The summed E-state index contributed by atoms with van der Waals surface area (Å²) >= 11 is 0. The second kappa shape index (κ2) is 5.40. The molecule has 0 aliphatic heterocycles. The van der Waals surface area contributed by atoms with E-state index in [4.69, 9.17) is 4.99 Å². The topological polar surface area (TPSA) is 29.4 Å². The number of hydrogen-bond donors (Lipinski definition) is 0. The van der Waals surface area contributed by atoms with Crippen LogP contribution in [0.3, 0.4) is 0 Å². The number of hydrogen-bond acceptors (Lipinski definition) is 2. The Balaban J connectivity index is 2.14. The summed E-state index contributed by atoms with van der Waals surface area (Å²) in [5.41, 5.74) is 7.40. The van der Waals surface area contributed by atoms with Gasteiger partial charge >= 0.3 is 0 Å². The lowest BCUT2D eigenvalue weighted by atomic mass is 9.92. The van der Waals surface area contributed by atoms with Crippen molar-refractivity contribution in [1.82, 2.24) is 0 Å². The van der Waals surface area contributed by atoms with Crippen LogP contribution in [0.25, 0.3) is 0 Å². The van der Waals surface area contributed by atoms with Crippen LogP contribution in [-0.2, 0) is 4.79 Å². The van der Waals surface area contributed by atoms with Gasteiger partial charge in [-0.05, 0) is 80.0 Å². The Kier molecular flexibility index (Phi) is 3.73. The van der Waals surface area contributed by atoms with E-state index in [0.717, 1.165) is 11.6 Å². The van der Waals surface area contributed by atoms with Gasteiger partial charge in [0.25, 0.3) is 0 Å². The van der Waals surface area contributed by atoms with Crippen LogP contribution in [-0.4, -0.2) is 11.5 Å². The maximum atomic E-state index is 11.7. The molecular weight excluding hydrogens is 258 g/mol. The van der Waals surface area contributed by atoms with Crippen LogP contribution in [0.4, 0.5) is 5.69 Å². The van der Waals surface area contributed by atoms with Gasteiger partial charge in [-0.2, -0.15) is 0 Å². The van der Waals surface area contributed by atoms with Gasteiger partial charge in [-0.3, -0.25) is 4.79 Å². The molecule has 2 nitrogen and oxygen atoms in total. The highest BCUT2D eigenvalue weighted by molar-refractivity contribution is 6.39. The van der Waals surface area contributed by atoms with Gasteiger partial charge in [0, 0.05) is 6.92 Å². The molecule has 2 saturated carbocycles. The number of nitrogens with zero attached hydrogens (tertiary/aromatic N) is 1. The van der Waals surface area contributed by atoms with Crippen molar-refractivity contribution in [3.05, 3.63) is 28.3 Å². The summed E-state index contributed by atoms with van der Waals surface area (Å²) in [5, 5.41) is 0.